The Hall–Kier alpha value is -1.28. The van der Waals surface area contributed by atoms with Gasteiger partial charge in [-0.3, -0.25) is 4.79 Å². The summed E-state index contributed by atoms with van der Waals surface area (Å²) in [5.41, 5.74) is 6.47. The van der Waals surface area contributed by atoms with Gasteiger partial charge in [0.1, 0.15) is 0 Å². The molecule has 0 bridgehead atoms. The molecular weight excluding hydrogens is 342 g/mol. The first-order chi connectivity index (χ1) is 11.6. The lowest BCUT2D eigenvalue weighted by molar-refractivity contribution is -0.135. The van der Waals surface area contributed by atoms with Crippen molar-refractivity contribution in [3.63, 3.8) is 0 Å². The van der Waals surface area contributed by atoms with E-state index < -0.39 is 5.41 Å². The molecule has 1 aliphatic heterocycles. The van der Waals surface area contributed by atoms with Crippen LogP contribution in [0.2, 0.25) is 0 Å². The minimum atomic E-state index is -0.447. The Kier molecular flexibility index (Phi) is 5.65. The van der Waals surface area contributed by atoms with Crippen LogP contribution in [0.1, 0.15) is 22.7 Å². The number of aromatic nitrogens is 1. The van der Waals surface area contributed by atoms with Crippen LogP contribution < -0.4 is 11.1 Å². The maximum Gasteiger partial charge on any atom is 0.227 e. The van der Waals surface area contributed by atoms with Crippen LogP contribution in [0.3, 0.4) is 0 Å². The van der Waals surface area contributed by atoms with E-state index in [0.717, 1.165) is 17.1 Å². The smallest absolute Gasteiger partial charge is 0.227 e. The van der Waals surface area contributed by atoms with E-state index in [9.17, 15) is 4.79 Å². The predicted molar refractivity (Wildman–Crippen MR) is 98.4 cm³/mol. The van der Waals surface area contributed by atoms with Crippen molar-refractivity contribution in [3.8, 4) is 10.6 Å². The second kappa shape index (κ2) is 7.74. The highest BCUT2D eigenvalue weighted by molar-refractivity contribution is 7.16. The van der Waals surface area contributed by atoms with Crippen molar-refractivity contribution in [3.05, 3.63) is 27.4 Å². The number of thiophene rings is 1. The molecule has 24 heavy (non-hydrogen) atoms. The number of hydrogen-bond acceptors (Lipinski definition) is 6. The van der Waals surface area contributed by atoms with E-state index in [1.807, 2.05) is 6.92 Å². The molecule has 0 radical (unpaired) electrons. The van der Waals surface area contributed by atoms with Crippen molar-refractivity contribution in [1.82, 2.24) is 10.3 Å². The molecule has 0 saturated carbocycles. The van der Waals surface area contributed by atoms with E-state index in [1.54, 1.807) is 22.7 Å². The van der Waals surface area contributed by atoms with Gasteiger partial charge in [-0.25, -0.2) is 4.98 Å². The quantitative estimate of drug-likeness (QED) is 0.825. The van der Waals surface area contributed by atoms with Crippen LogP contribution in [0.25, 0.3) is 10.6 Å². The number of carbonyl (C=O) groups excluding carboxylic acids is 1. The first kappa shape index (κ1) is 17.5. The van der Waals surface area contributed by atoms with Gasteiger partial charge in [-0.2, -0.15) is 0 Å². The van der Waals surface area contributed by atoms with Gasteiger partial charge in [0.05, 0.1) is 21.0 Å². The lowest BCUT2D eigenvalue weighted by atomic mass is 9.79. The van der Waals surface area contributed by atoms with Gasteiger partial charge in [0.2, 0.25) is 5.91 Å². The lowest BCUT2D eigenvalue weighted by Crippen LogP contribution is -2.49. The maximum absolute atomic E-state index is 12.5. The Balaban J connectivity index is 1.53. The molecule has 0 aromatic carbocycles. The summed E-state index contributed by atoms with van der Waals surface area (Å²) in [6.45, 7) is 4.27. The Bertz CT molecular complexity index is 690. The molecular formula is C17H23N3O2S2. The van der Waals surface area contributed by atoms with Gasteiger partial charge in [-0.05, 0) is 38.3 Å². The standard InChI is InChI=1S/C17H23N3O2S2/c1-12-20-14(10-23-12)15-3-2-13(24-15)4-7-19-16(21)17(11-18)5-8-22-9-6-17/h2-3,10H,4-9,11,18H2,1H3,(H,19,21). The molecule has 2 aromatic heterocycles. The fraction of sp³-hybridized carbons (Fsp3) is 0.529. The molecule has 5 nitrogen and oxygen atoms in total. The van der Waals surface area contributed by atoms with Gasteiger partial charge >= 0.3 is 0 Å². The second-order valence-corrected chi connectivity index (χ2v) is 8.35. The molecule has 7 heteroatoms. The van der Waals surface area contributed by atoms with E-state index in [1.165, 1.54) is 9.75 Å². The summed E-state index contributed by atoms with van der Waals surface area (Å²) in [4.78, 5) is 19.5. The number of hydrogen-bond donors (Lipinski definition) is 2. The number of rotatable bonds is 6. The predicted octanol–water partition coefficient (Wildman–Crippen LogP) is 2.59. The number of nitrogens with zero attached hydrogens (tertiary/aromatic N) is 1. The average molecular weight is 366 g/mol. The summed E-state index contributed by atoms with van der Waals surface area (Å²) in [5.74, 6) is 0.0696. The molecule has 3 rings (SSSR count). The number of nitrogens with two attached hydrogens (primary N) is 1. The molecule has 0 atom stereocenters. The third-order valence-corrected chi connectivity index (χ3v) is 6.45. The molecule has 3 N–H and O–H groups in total. The van der Waals surface area contributed by atoms with Crippen molar-refractivity contribution < 1.29 is 9.53 Å². The number of amides is 1. The van der Waals surface area contributed by atoms with Gasteiger partial charge in [-0.1, -0.05) is 0 Å². The van der Waals surface area contributed by atoms with Gasteiger partial charge in [-0.15, -0.1) is 22.7 Å². The Morgan fingerprint density at radius 3 is 2.88 bits per heavy atom. The van der Waals surface area contributed by atoms with E-state index in [-0.39, 0.29) is 5.91 Å². The summed E-state index contributed by atoms with van der Waals surface area (Å²) < 4.78 is 5.36. The lowest BCUT2D eigenvalue weighted by Gasteiger charge is -2.34. The van der Waals surface area contributed by atoms with E-state index in [4.69, 9.17) is 10.5 Å². The third kappa shape index (κ3) is 3.85. The molecule has 1 amide bonds. The second-order valence-electron chi connectivity index (χ2n) is 6.12. The van der Waals surface area contributed by atoms with Crippen LogP contribution in [0.4, 0.5) is 0 Å². The number of carbonyl (C=O) groups is 1. The summed E-state index contributed by atoms with van der Waals surface area (Å²) in [7, 11) is 0. The molecule has 0 spiro atoms. The molecule has 1 fully saturated rings. The monoisotopic (exact) mass is 365 g/mol. The topological polar surface area (TPSA) is 77.2 Å². The normalized spacial score (nSPS) is 16.9. The number of thiazole rings is 1. The molecule has 130 valence electrons. The van der Waals surface area contributed by atoms with Crippen LogP contribution in [-0.4, -0.2) is 37.2 Å². The first-order valence-electron chi connectivity index (χ1n) is 8.20. The number of nitrogens with one attached hydrogen (secondary N) is 1. The van der Waals surface area contributed by atoms with Crippen molar-refractivity contribution in [2.24, 2.45) is 11.1 Å². The van der Waals surface area contributed by atoms with Crippen molar-refractivity contribution in [2.45, 2.75) is 26.2 Å². The highest BCUT2D eigenvalue weighted by Gasteiger charge is 2.38. The molecule has 1 saturated heterocycles. The van der Waals surface area contributed by atoms with Gasteiger partial charge in [0.15, 0.2) is 0 Å². The summed E-state index contributed by atoms with van der Waals surface area (Å²) in [6, 6.07) is 4.23. The van der Waals surface area contributed by atoms with Crippen molar-refractivity contribution >= 4 is 28.6 Å². The van der Waals surface area contributed by atoms with E-state index >= 15 is 0 Å². The van der Waals surface area contributed by atoms with Gasteiger partial charge < -0.3 is 15.8 Å². The maximum atomic E-state index is 12.5. The molecule has 1 aliphatic rings. The van der Waals surface area contributed by atoms with Crippen LogP contribution in [-0.2, 0) is 16.0 Å². The fourth-order valence-corrected chi connectivity index (χ4v) is 4.55. The van der Waals surface area contributed by atoms with Crippen molar-refractivity contribution in [1.29, 1.82) is 0 Å². The molecule has 3 heterocycles. The minimum absolute atomic E-state index is 0.0696. The van der Waals surface area contributed by atoms with Gasteiger partial charge in [0, 0.05) is 36.6 Å². The van der Waals surface area contributed by atoms with Gasteiger partial charge in [0.25, 0.3) is 0 Å². The Morgan fingerprint density at radius 2 is 2.21 bits per heavy atom. The highest BCUT2D eigenvalue weighted by atomic mass is 32.1. The molecule has 2 aromatic rings. The fourth-order valence-electron chi connectivity index (χ4n) is 2.90. The largest absolute Gasteiger partial charge is 0.381 e. The zero-order valence-corrected chi connectivity index (χ0v) is 15.5. The van der Waals surface area contributed by atoms with Crippen LogP contribution >= 0.6 is 22.7 Å². The zero-order chi connectivity index (χ0) is 17.0. The van der Waals surface area contributed by atoms with Crippen molar-refractivity contribution in [2.75, 3.05) is 26.3 Å². The first-order valence-corrected chi connectivity index (χ1v) is 9.90. The molecule has 0 unspecified atom stereocenters. The number of aryl methyl sites for hydroxylation is 1. The van der Waals surface area contributed by atoms with E-state index in [2.05, 4.69) is 27.8 Å². The average Bonchev–Trinajstić information content (AvgIpc) is 3.24. The van der Waals surface area contributed by atoms with E-state index in [0.29, 0.717) is 39.1 Å². The number of ether oxygens (including phenoxy) is 1. The SMILES string of the molecule is Cc1nc(-c2ccc(CCNC(=O)C3(CN)CCOCC3)s2)cs1. The molecule has 0 aliphatic carbocycles. The summed E-state index contributed by atoms with van der Waals surface area (Å²) >= 11 is 3.40. The minimum Gasteiger partial charge on any atom is -0.381 e. The van der Waals surface area contributed by atoms with Crippen LogP contribution in [0, 0.1) is 12.3 Å². The summed E-state index contributed by atoms with van der Waals surface area (Å²) in [6.07, 6.45) is 2.25. The Labute approximate surface area is 150 Å². The highest BCUT2D eigenvalue weighted by Crippen LogP contribution is 2.30. The summed E-state index contributed by atoms with van der Waals surface area (Å²) in [5, 5.41) is 6.23. The zero-order valence-electron chi connectivity index (χ0n) is 13.8. The van der Waals surface area contributed by atoms with Crippen LogP contribution in [0.5, 0.6) is 0 Å². The Morgan fingerprint density at radius 1 is 1.42 bits per heavy atom. The van der Waals surface area contributed by atoms with Crippen LogP contribution in [0.15, 0.2) is 17.5 Å². The third-order valence-electron chi connectivity index (χ3n) is 4.51.